The molecule has 1 fully saturated rings. The Morgan fingerprint density at radius 3 is 2.52 bits per heavy atom. The van der Waals surface area contributed by atoms with E-state index < -0.39 is 27.7 Å². The van der Waals surface area contributed by atoms with Crippen molar-refractivity contribution in [2.45, 2.75) is 49.6 Å². The van der Waals surface area contributed by atoms with Gasteiger partial charge in [0.15, 0.2) is 0 Å². The molecule has 10 heteroatoms. The lowest BCUT2D eigenvalue weighted by atomic mass is 9.88. The Hall–Kier alpha value is -1.75. The van der Waals surface area contributed by atoms with Crippen LogP contribution in [0.5, 0.6) is 0 Å². The lowest BCUT2D eigenvalue weighted by molar-refractivity contribution is -0.384. The summed E-state index contributed by atoms with van der Waals surface area (Å²) in [4.78, 5) is 12.0. The lowest BCUT2D eigenvalue weighted by Gasteiger charge is -2.26. The van der Waals surface area contributed by atoms with Crippen LogP contribution in [-0.4, -0.2) is 55.9 Å². The standard InChI is InChI=1S/C17H27N3O6S/c1-12-3-5-13(6-4-12)18-27(25,26)15-7-8-16(17(9-15)20(23)24)19(2)10-14(22)11-21/h7-9,12-14,18,21-22H,3-6,10-11H2,1-2H3/t12?,13?,14-/m0/s1. The number of hydrogen-bond acceptors (Lipinski definition) is 7. The molecule has 9 nitrogen and oxygen atoms in total. The summed E-state index contributed by atoms with van der Waals surface area (Å²) in [5, 5.41) is 29.9. The zero-order chi connectivity index (χ0) is 20.2. The Kier molecular flexibility index (Phi) is 7.15. The fourth-order valence-electron chi connectivity index (χ4n) is 3.28. The minimum absolute atomic E-state index is 0.0258. The summed E-state index contributed by atoms with van der Waals surface area (Å²) in [6.07, 6.45) is 2.34. The van der Waals surface area contributed by atoms with E-state index in [4.69, 9.17) is 5.11 Å². The quantitative estimate of drug-likeness (QED) is 0.441. The maximum Gasteiger partial charge on any atom is 0.293 e. The fourth-order valence-corrected chi connectivity index (χ4v) is 4.60. The molecule has 0 aromatic heterocycles. The Morgan fingerprint density at radius 1 is 1.33 bits per heavy atom. The first-order valence-electron chi connectivity index (χ1n) is 8.95. The van der Waals surface area contributed by atoms with Crippen molar-refractivity contribution in [3.8, 4) is 0 Å². The monoisotopic (exact) mass is 401 g/mol. The van der Waals surface area contributed by atoms with E-state index in [1.165, 1.54) is 24.1 Å². The third-order valence-corrected chi connectivity index (χ3v) is 6.42. The van der Waals surface area contributed by atoms with Gasteiger partial charge >= 0.3 is 0 Å². The number of hydrogen-bond donors (Lipinski definition) is 3. The summed E-state index contributed by atoms with van der Waals surface area (Å²) < 4.78 is 27.9. The third kappa shape index (κ3) is 5.61. The molecule has 27 heavy (non-hydrogen) atoms. The first kappa shape index (κ1) is 21.5. The highest BCUT2D eigenvalue weighted by atomic mass is 32.2. The van der Waals surface area contributed by atoms with Crippen molar-refractivity contribution in [1.29, 1.82) is 0 Å². The fraction of sp³-hybridized carbons (Fsp3) is 0.647. The SMILES string of the molecule is CC1CCC(NS(=O)(=O)c2ccc(N(C)C[C@H](O)CO)c([N+](=O)[O-])c2)CC1. The molecule has 0 aliphatic heterocycles. The van der Waals surface area contributed by atoms with E-state index in [1.807, 2.05) is 0 Å². The van der Waals surface area contributed by atoms with Gasteiger partial charge in [-0.15, -0.1) is 0 Å². The van der Waals surface area contributed by atoms with E-state index in [9.17, 15) is 23.6 Å². The zero-order valence-electron chi connectivity index (χ0n) is 15.5. The summed E-state index contributed by atoms with van der Waals surface area (Å²) in [6, 6.07) is 3.54. The zero-order valence-corrected chi connectivity index (χ0v) is 16.4. The van der Waals surface area contributed by atoms with Gasteiger partial charge in [-0.3, -0.25) is 10.1 Å². The van der Waals surface area contributed by atoms with Gasteiger partial charge < -0.3 is 15.1 Å². The predicted octanol–water partition coefficient (Wildman–Crippen LogP) is 1.24. The highest BCUT2D eigenvalue weighted by Crippen LogP contribution is 2.31. The number of aliphatic hydroxyl groups is 2. The smallest absolute Gasteiger partial charge is 0.293 e. The highest BCUT2D eigenvalue weighted by Gasteiger charge is 2.27. The van der Waals surface area contributed by atoms with E-state index in [2.05, 4.69) is 11.6 Å². The number of nitrogens with zero attached hydrogens (tertiary/aromatic N) is 2. The third-order valence-electron chi connectivity index (χ3n) is 4.90. The van der Waals surface area contributed by atoms with Crippen LogP contribution in [0.3, 0.4) is 0 Å². The molecule has 152 valence electrons. The first-order chi connectivity index (χ1) is 12.6. The molecule has 0 bridgehead atoms. The normalized spacial score (nSPS) is 21.6. The van der Waals surface area contributed by atoms with Crippen molar-refractivity contribution < 1.29 is 23.6 Å². The Morgan fingerprint density at radius 2 is 1.96 bits per heavy atom. The van der Waals surface area contributed by atoms with Crippen molar-refractivity contribution in [1.82, 2.24) is 4.72 Å². The van der Waals surface area contributed by atoms with Crippen LogP contribution >= 0.6 is 0 Å². The van der Waals surface area contributed by atoms with Crippen LogP contribution < -0.4 is 9.62 Å². The molecule has 1 saturated carbocycles. The van der Waals surface area contributed by atoms with Gasteiger partial charge in [0, 0.05) is 25.7 Å². The molecule has 1 aliphatic carbocycles. The molecule has 0 unspecified atom stereocenters. The van der Waals surface area contributed by atoms with Gasteiger partial charge in [-0.2, -0.15) is 0 Å². The first-order valence-corrected chi connectivity index (χ1v) is 10.4. The number of rotatable bonds is 8. The highest BCUT2D eigenvalue weighted by molar-refractivity contribution is 7.89. The number of sulfonamides is 1. The van der Waals surface area contributed by atoms with E-state index in [1.54, 1.807) is 0 Å². The van der Waals surface area contributed by atoms with Crippen molar-refractivity contribution in [3.05, 3.63) is 28.3 Å². The van der Waals surface area contributed by atoms with Crippen LogP contribution in [0.2, 0.25) is 0 Å². The predicted molar refractivity (Wildman–Crippen MR) is 101 cm³/mol. The van der Waals surface area contributed by atoms with Crippen LogP contribution in [0, 0.1) is 16.0 Å². The van der Waals surface area contributed by atoms with Gasteiger partial charge in [0.25, 0.3) is 5.69 Å². The molecular weight excluding hydrogens is 374 g/mol. The topological polar surface area (TPSA) is 133 Å². The van der Waals surface area contributed by atoms with Crippen LogP contribution in [0.4, 0.5) is 11.4 Å². The lowest BCUT2D eigenvalue weighted by Crippen LogP contribution is -2.37. The molecule has 0 amide bonds. The number of anilines is 1. The van der Waals surface area contributed by atoms with E-state index in [-0.39, 0.29) is 28.9 Å². The van der Waals surface area contributed by atoms with Gasteiger partial charge in [-0.25, -0.2) is 13.1 Å². The maximum absolute atomic E-state index is 12.6. The number of aliphatic hydroxyl groups excluding tert-OH is 2. The molecule has 2 rings (SSSR count). The van der Waals surface area contributed by atoms with Crippen LogP contribution in [0.15, 0.2) is 23.1 Å². The molecule has 0 heterocycles. The molecule has 1 aromatic rings. The number of nitrogens with one attached hydrogen (secondary N) is 1. The van der Waals surface area contributed by atoms with Crippen molar-refractivity contribution in [2.75, 3.05) is 25.1 Å². The van der Waals surface area contributed by atoms with Gasteiger partial charge in [-0.05, 0) is 43.7 Å². The molecule has 1 aromatic carbocycles. The Balaban J connectivity index is 2.24. The maximum atomic E-state index is 12.6. The van der Waals surface area contributed by atoms with Gasteiger partial charge in [-0.1, -0.05) is 6.92 Å². The van der Waals surface area contributed by atoms with Gasteiger partial charge in [0.05, 0.1) is 22.5 Å². The summed E-state index contributed by atoms with van der Waals surface area (Å²) in [5.74, 6) is 0.580. The van der Waals surface area contributed by atoms with Crippen LogP contribution in [0.25, 0.3) is 0 Å². The van der Waals surface area contributed by atoms with Gasteiger partial charge in [0.1, 0.15) is 5.69 Å². The average molecular weight is 401 g/mol. The number of nitro groups is 1. The summed E-state index contributed by atoms with van der Waals surface area (Å²) in [5.41, 5.74) is -0.208. The van der Waals surface area contributed by atoms with Crippen LogP contribution in [-0.2, 0) is 10.0 Å². The molecule has 3 N–H and O–H groups in total. The summed E-state index contributed by atoms with van der Waals surface area (Å²) in [6.45, 7) is 1.63. The van der Waals surface area contributed by atoms with Crippen molar-refractivity contribution in [2.24, 2.45) is 5.92 Å². The largest absolute Gasteiger partial charge is 0.394 e. The minimum atomic E-state index is -3.87. The second kappa shape index (κ2) is 8.96. The van der Waals surface area contributed by atoms with E-state index >= 15 is 0 Å². The molecule has 0 radical (unpaired) electrons. The Bertz CT molecular complexity index is 762. The molecular formula is C17H27N3O6S. The van der Waals surface area contributed by atoms with E-state index in [0.717, 1.165) is 31.7 Å². The molecule has 0 spiro atoms. The molecule has 1 aliphatic rings. The van der Waals surface area contributed by atoms with E-state index in [0.29, 0.717) is 5.92 Å². The molecule has 0 saturated heterocycles. The summed E-state index contributed by atoms with van der Waals surface area (Å²) >= 11 is 0. The minimum Gasteiger partial charge on any atom is -0.394 e. The average Bonchev–Trinajstić information content (AvgIpc) is 2.62. The molecule has 1 atom stereocenters. The Labute approximate surface area is 159 Å². The second-order valence-electron chi connectivity index (χ2n) is 7.20. The number of benzene rings is 1. The number of nitro benzene ring substituents is 1. The van der Waals surface area contributed by atoms with Gasteiger partial charge in [0.2, 0.25) is 10.0 Å². The number of likely N-dealkylation sites (N-methyl/N-ethyl adjacent to an activating group) is 1. The second-order valence-corrected chi connectivity index (χ2v) is 8.92. The van der Waals surface area contributed by atoms with Crippen molar-refractivity contribution >= 4 is 21.4 Å². The summed E-state index contributed by atoms with van der Waals surface area (Å²) in [7, 11) is -2.34. The van der Waals surface area contributed by atoms with Crippen LogP contribution in [0.1, 0.15) is 32.6 Å². The van der Waals surface area contributed by atoms with Crippen molar-refractivity contribution in [3.63, 3.8) is 0 Å².